The molecule has 3 nitrogen and oxygen atoms in total. The first-order valence-corrected chi connectivity index (χ1v) is 9.38. The van der Waals surface area contributed by atoms with Gasteiger partial charge in [-0.3, -0.25) is 4.90 Å². The monoisotopic (exact) mass is 377 g/mol. The third-order valence-electron chi connectivity index (χ3n) is 5.94. The highest BCUT2D eigenvalue weighted by Crippen LogP contribution is 2.57. The summed E-state index contributed by atoms with van der Waals surface area (Å²) in [6, 6.07) is 9.33. The van der Waals surface area contributed by atoms with Crippen molar-refractivity contribution >= 4 is 23.2 Å². The van der Waals surface area contributed by atoms with Crippen molar-refractivity contribution in [3.63, 3.8) is 0 Å². The molecule has 1 aliphatic heterocycles. The average molecular weight is 378 g/mol. The number of fused-ring (bicyclic) bond motifs is 1. The Morgan fingerprint density at radius 3 is 2.44 bits per heavy atom. The summed E-state index contributed by atoms with van der Waals surface area (Å²) in [5.74, 6) is -0.107. The van der Waals surface area contributed by atoms with Gasteiger partial charge in [0.2, 0.25) is 0 Å². The summed E-state index contributed by atoms with van der Waals surface area (Å²) >= 11 is 12.7. The van der Waals surface area contributed by atoms with Crippen LogP contribution in [0.2, 0.25) is 10.0 Å². The molecule has 1 fully saturated rings. The molecule has 2 aliphatic rings. The minimum Gasteiger partial charge on any atom is -0.504 e. The maximum atomic E-state index is 10.1. The van der Waals surface area contributed by atoms with Crippen LogP contribution in [-0.2, 0) is 11.8 Å². The van der Waals surface area contributed by atoms with Crippen LogP contribution in [0.4, 0.5) is 0 Å². The van der Waals surface area contributed by atoms with Crippen molar-refractivity contribution in [2.75, 3.05) is 13.6 Å². The Morgan fingerprint density at radius 1 is 1.08 bits per heavy atom. The fourth-order valence-corrected chi connectivity index (χ4v) is 5.23. The van der Waals surface area contributed by atoms with E-state index in [1.807, 2.05) is 18.2 Å². The second-order valence-electron chi connectivity index (χ2n) is 7.31. The van der Waals surface area contributed by atoms with Crippen molar-refractivity contribution in [2.24, 2.45) is 0 Å². The molecule has 0 amide bonds. The second kappa shape index (κ2) is 6.08. The van der Waals surface area contributed by atoms with Crippen LogP contribution in [0.3, 0.4) is 0 Å². The van der Waals surface area contributed by atoms with Gasteiger partial charge in [-0.2, -0.15) is 0 Å². The fraction of sp³-hybridized carbons (Fsp3) is 0.400. The number of nitrogens with zero attached hydrogens (tertiary/aromatic N) is 1. The highest BCUT2D eigenvalue weighted by atomic mass is 35.5. The van der Waals surface area contributed by atoms with E-state index in [9.17, 15) is 10.2 Å². The number of likely N-dealkylation sites (N-methyl/N-ethyl adjacent to an activating group) is 1. The Labute approximate surface area is 157 Å². The van der Waals surface area contributed by atoms with Crippen molar-refractivity contribution in [1.82, 2.24) is 4.90 Å². The Morgan fingerprint density at radius 2 is 1.80 bits per heavy atom. The lowest BCUT2D eigenvalue weighted by molar-refractivity contribution is 0.0715. The van der Waals surface area contributed by atoms with E-state index in [-0.39, 0.29) is 23.0 Å². The molecule has 0 saturated heterocycles. The molecule has 132 valence electrons. The molecule has 1 heterocycles. The van der Waals surface area contributed by atoms with Crippen LogP contribution >= 0.6 is 23.2 Å². The van der Waals surface area contributed by atoms with Crippen LogP contribution in [-0.4, -0.2) is 28.7 Å². The first kappa shape index (κ1) is 17.0. The van der Waals surface area contributed by atoms with Gasteiger partial charge in [0.05, 0.1) is 0 Å². The normalized spacial score (nSPS) is 22.3. The molecule has 0 radical (unpaired) electrons. The summed E-state index contributed by atoms with van der Waals surface area (Å²) in [6.07, 6.45) is 4.11. The van der Waals surface area contributed by atoms with E-state index < -0.39 is 0 Å². The SMILES string of the molecule is CN1CCc2cc(O)c(O)cc2C1C1(c2ccc(Cl)cc2Cl)CCC1. The number of phenolic OH excluding ortho intramolecular Hbond substituents is 2. The zero-order chi connectivity index (χ0) is 17.8. The van der Waals surface area contributed by atoms with E-state index in [1.54, 1.807) is 12.1 Å². The highest BCUT2D eigenvalue weighted by Gasteiger charge is 2.50. The molecule has 1 atom stereocenters. The number of hydrogen-bond donors (Lipinski definition) is 2. The van der Waals surface area contributed by atoms with E-state index in [1.165, 1.54) is 0 Å². The smallest absolute Gasteiger partial charge is 0.157 e. The molecule has 1 unspecified atom stereocenters. The lowest BCUT2D eigenvalue weighted by Gasteiger charge is -2.54. The average Bonchev–Trinajstić information content (AvgIpc) is 2.52. The van der Waals surface area contributed by atoms with Crippen LogP contribution < -0.4 is 0 Å². The van der Waals surface area contributed by atoms with E-state index >= 15 is 0 Å². The number of rotatable bonds is 2. The Balaban J connectivity index is 1.88. The second-order valence-corrected chi connectivity index (χ2v) is 8.15. The van der Waals surface area contributed by atoms with E-state index in [0.717, 1.165) is 48.9 Å². The van der Waals surface area contributed by atoms with Crippen molar-refractivity contribution in [3.05, 3.63) is 57.1 Å². The van der Waals surface area contributed by atoms with Crippen molar-refractivity contribution in [2.45, 2.75) is 37.1 Å². The zero-order valence-electron chi connectivity index (χ0n) is 14.1. The fourth-order valence-electron chi connectivity index (χ4n) is 4.63. The quantitative estimate of drug-likeness (QED) is 0.719. The van der Waals surface area contributed by atoms with E-state index in [0.29, 0.717) is 10.0 Å². The molecule has 5 heteroatoms. The Kier molecular flexibility index (Phi) is 4.14. The molecule has 0 spiro atoms. The predicted molar refractivity (Wildman–Crippen MR) is 101 cm³/mol. The third kappa shape index (κ3) is 2.61. The number of benzene rings is 2. The standard InChI is InChI=1S/C20H21Cl2NO2/c1-23-8-5-12-9-17(24)18(25)11-14(12)19(23)20(6-2-7-20)15-4-3-13(21)10-16(15)22/h3-4,9-11,19,24-25H,2,5-8H2,1H3. The minimum atomic E-state index is -0.0883. The molecule has 2 aromatic carbocycles. The molecular weight excluding hydrogens is 357 g/mol. The number of phenols is 2. The van der Waals surface area contributed by atoms with Gasteiger partial charge in [-0.15, -0.1) is 0 Å². The van der Waals surface area contributed by atoms with Gasteiger partial charge in [0.1, 0.15) is 0 Å². The highest BCUT2D eigenvalue weighted by molar-refractivity contribution is 6.35. The third-order valence-corrected chi connectivity index (χ3v) is 6.49. The molecule has 2 aromatic rings. The number of aromatic hydroxyl groups is 2. The van der Waals surface area contributed by atoms with Gasteiger partial charge >= 0.3 is 0 Å². The van der Waals surface area contributed by atoms with E-state index in [4.69, 9.17) is 23.2 Å². The van der Waals surface area contributed by atoms with Crippen molar-refractivity contribution < 1.29 is 10.2 Å². The van der Waals surface area contributed by atoms with Gasteiger partial charge in [0.25, 0.3) is 0 Å². The molecule has 0 aromatic heterocycles. The van der Waals surface area contributed by atoms with Gasteiger partial charge in [0.15, 0.2) is 11.5 Å². The Hall–Kier alpha value is -1.42. The minimum absolute atomic E-state index is 0.0470. The maximum absolute atomic E-state index is 10.1. The summed E-state index contributed by atoms with van der Waals surface area (Å²) < 4.78 is 0. The first-order valence-electron chi connectivity index (χ1n) is 8.63. The van der Waals surface area contributed by atoms with Crippen LogP contribution in [0.15, 0.2) is 30.3 Å². The number of halogens is 2. The largest absolute Gasteiger partial charge is 0.504 e. The molecule has 25 heavy (non-hydrogen) atoms. The van der Waals surface area contributed by atoms with Crippen molar-refractivity contribution in [1.29, 1.82) is 0 Å². The summed E-state index contributed by atoms with van der Waals surface area (Å²) in [5, 5.41) is 21.3. The molecule has 4 rings (SSSR count). The topological polar surface area (TPSA) is 43.7 Å². The van der Waals surface area contributed by atoms with Gasteiger partial charge in [0, 0.05) is 28.0 Å². The molecule has 1 saturated carbocycles. The van der Waals surface area contributed by atoms with Crippen LogP contribution in [0.1, 0.15) is 42.0 Å². The van der Waals surface area contributed by atoms with Gasteiger partial charge in [-0.05, 0) is 67.3 Å². The zero-order valence-corrected chi connectivity index (χ0v) is 15.6. The maximum Gasteiger partial charge on any atom is 0.157 e. The predicted octanol–water partition coefficient (Wildman–Crippen LogP) is 5.06. The summed E-state index contributed by atoms with van der Waals surface area (Å²) in [4.78, 5) is 2.35. The summed E-state index contributed by atoms with van der Waals surface area (Å²) in [5.41, 5.74) is 3.24. The molecular formula is C20H21Cl2NO2. The van der Waals surface area contributed by atoms with Gasteiger partial charge in [-0.1, -0.05) is 35.7 Å². The molecule has 2 N–H and O–H groups in total. The molecule has 0 bridgehead atoms. The lowest BCUT2D eigenvalue weighted by atomic mass is 9.57. The lowest BCUT2D eigenvalue weighted by Crippen LogP contribution is -2.50. The Bertz CT molecular complexity index is 833. The first-order chi connectivity index (χ1) is 11.9. The van der Waals surface area contributed by atoms with Crippen LogP contribution in [0, 0.1) is 0 Å². The summed E-state index contributed by atoms with van der Waals surface area (Å²) in [7, 11) is 2.13. The summed E-state index contributed by atoms with van der Waals surface area (Å²) in [6.45, 7) is 0.912. The van der Waals surface area contributed by atoms with Crippen LogP contribution in [0.5, 0.6) is 11.5 Å². The van der Waals surface area contributed by atoms with Gasteiger partial charge < -0.3 is 10.2 Å². The van der Waals surface area contributed by atoms with Crippen LogP contribution in [0.25, 0.3) is 0 Å². The van der Waals surface area contributed by atoms with E-state index in [2.05, 4.69) is 11.9 Å². The molecule has 1 aliphatic carbocycles. The van der Waals surface area contributed by atoms with Gasteiger partial charge in [-0.25, -0.2) is 0 Å². The van der Waals surface area contributed by atoms with Crippen molar-refractivity contribution in [3.8, 4) is 11.5 Å². The number of hydrogen-bond acceptors (Lipinski definition) is 3.